The Balaban J connectivity index is 2.29. The smallest absolute Gasteiger partial charge is 0.312 e. The SMILES string of the molecule is CC(C)NCC(c1ccccc1)n1cc(C(F)(F)F)cn1. The molecule has 21 heavy (non-hydrogen) atoms. The minimum Gasteiger partial charge on any atom is -0.312 e. The summed E-state index contributed by atoms with van der Waals surface area (Å²) in [5.41, 5.74) is 0.190. The van der Waals surface area contributed by atoms with Gasteiger partial charge in [0.25, 0.3) is 0 Å². The van der Waals surface area contributed by atoms with Crippen molar-refractivity contribution in [3.8, 4) is 0 Å². The lowest BCUT2D eigenvalue weighted by Gasteiger charge is -2.20. The molecule has 1 N–H and O–H groups in total. The van der Waals surface area contributed by atoms with Crippen LogP contribution in [0.15, 0.2) is 42.7 Å². The van der Waals surface area contributed by atoms with E-state index in [9.17, 15) is 13.2 Å². The lowest BCUT2D eigenvalue weighted by Crippen LogP contribution is -2.31. The second-order valence-electron chi connectivity index (χ2n) is 5.20. The van der Waals surface area contributed by atoms with Crippen LogP contribution in [0.1, 0.15) is 31.0 Å². The topological polar surface area (TPSA) is 29.9 Å². The van der Waals surface area contributed by atoms with E-state index in [2.05, 4.69) is 10.4 Å². The van der Waals surface area contributed by atoms with Crippen molar-refractivity contribution < 1.29 is 13.2 Å². The summed E-state index contributed by atoms with van der Waals surface area (Å²) in [5, 5.41) is 7.14. The van der Waals surface area contributed by atoms with E-state index in [1.807, 2.05) is 44.2 Å². The zero-order valence-electron chi connectivity index (χ0n) is 11.9. The fraction of sp³-hybridized carbons (Fsp3) is 0.400. The van der Waals surface area contributed by atoms with Gasteiger partial charge in [0.15, 0.2) is 0 Å². The number of halogens is 3. The predicted octanol–water partition coefficient (Wildman–Crippen LogP) is 3.49. The van der Waals surface area contributed by atoms with Crippen LogP contribution in [0.2, 0.25) is 0 Å². The maximum absolute atomic E-state index is 12.7. The predicted molar refractivity (Wildman–Crippen MR) is 74.9 cm³/mol. The zero-order valence-corrected chi connectivity index (χ0v) is 11.9. The number of nitrogens with zero attached hydrogens (tertiary/aromatic N) is 2. The van der Waals surface area contributed by atoms with Crippen molar-refractivity contribution in [1.82, 2.24) is 15.1 Å². The minimum absolute atomic E-state index is 0.244. The number of hydrogen-bond acceptors (Lipinski definition) is 2. The molecule has 0 aliphatic rings. The largest absolute Gasteiger partial charge is 0.419 e. The average Bonchev–Trinajstić information content (AvgIpc) is 2.89. The Kier molecular flexibility index (Phi) is 4.67. The molecule has 0 fully saturated rings. The van der Waals surface area contributed by atoms with E-state index in [0.29, 0.717) is 6.54 Å². The minimum atomic E-state index is -4.37. The number of aromatic nitrogens is 2. The molecule has 0 aliphatic carbocycles. The Morgan fingerprint density at radius 3 is 2.38 bits per heavy atom. The Hall–Kier alpha value is -1.82. The number of nitrogens with one attached hydrogen (secondary N) is 1. The van der Waals surface area contributed by atoms with E-state index in [1.165, 1.54) is 4.68 Å². The van der Waals surface area contributed by atoms with Crippen molar-refractivity contribution in [2.24, 2.45) is 0 Å². The van der Waals surface area contributed by atoms with Gasteiger partial charge in [0.1, 0.15) is 0 Å². The van der Waals surface area contributed by atoms with Crippen LogP contribution in [0.25, 0.3) is 0 Å². The Morgan fingerprint density at radius 2 is 1.86 bits per heavy atom. The van der Waals surface area contributed by atoms with Crippen LogP contribution in [-0.2, 0) is 6.18 Å². The van der Waals surface area contributed by atoms with Crippen LogP contribution >= 0.6 is 0 Å². The monoisotopic (exact) mass is 297 g/mol. The van der Waals surface area contributed by atoms with Crippen molar-refractivity contribution in [3.63, 3.8) is 0 Å². The molecule has 2 aromatic rings. The number of hydrogen-bond donors (Lipinski definition) is 1. The highest BCUT2D eigenvalue weighted by Crippen LogP contribution is 2.29. The van der Waals surface area contributed by atoms with Gasteiger partial charge >= 0.3 is 6.18 Å². The fourth-order valence-corrected chi connectivity index (χ4v) is 2.04. The Labute approximate surface area is 121 Å². The van der Waals surface area contributed by atoms with E-state index in [-0.39, 0.29) is 12.1 Å². The fourth-order valence-electron chi connectivity index (χ4n) is 2.04. The number of rotatable bonds is 5. The molecule has 0 amide bonds. The van der Waals surface area contributed by atoms with E-state index in [0.717, 1.165) is 18.0 Å². The molecule has 0 aliphatic heterocycles. The Morgan fingerprint density at radius 1 is 1.19 bits per heavy atom. The molecule has 0 saturated carbocycles. The lowest BCUT2D eigenvalue weighted by atomic mass is 10.1. The average molecular weight is 297 g/mol. The molecule has 0 radical (unpaired) electrons. The number of alkyl halides is 3. The lowest BCUT2D eigenvalue weighted by molar-refractivity contribution is -0.137. The number of benzene rings is 1. The van der Waals surface area contributed by atoms with E-state index in [1.54, 1.807) is 0 Å². The maximum Gasteiger partial charge on any atom is 0.419 e. The van der Waals surface area contributed by atoms with Gasteiger partial charge in [-0.05, 0) is 5.56 Å². The van der Waals surface area contributed by atoms with Gasteiger partial charge < -0.3 is 5.32 Å². The quantitative estimate of drug-likeness (QED) is 0.915. The molecule has 0 bridgehead atoms. The first-order valence-electron chi connectivity index (χ1n) is 6.77. The molecule has 0 spiro atoms. The molecule has 114 valence electrons. The summed E-state index contributed by atoms with van der Waals surface area (Å²) in [5.74, 6) is 0. The van der Waals surface area contributed by atoms with Gasteiger partial charge in [-0.25, -0.2) is 0 Å². The van der Waals surface area contributed by atoms with Gasteiger partial charge in [-0.15, -0.1) is 0 Å². The molecule has 1 heterocycles. The van der Waals surface area contributed by atoms with Gasteiger partial charge in [-0.1, -0.05) is 44.2 Å². The van der Waals surface area contributed by atoms with Crippen molar-refractivity contribution >= 4 is 0 Å². The first-order valence-corrected chi connectivity index (χ1v) is 6.77. The van der Waals surface area contributed by atoms with Crippen molar-refractivity contribution in [3.05, 3.63) is 53.9 Å². The van der Waals surface area contributed by atoms with E-state index < -0.39 is 11.7 Å². The molecular weight excluding hydrogens is 279 g/mol. The van der Waals surface area contributed by atoms with Crippen LogP contribution in [0, 0.1) is 0 Å². The van der Waals surface area contributed by atoms with Crippen LogP contribution in [0.4, 0.5) is 13.2 Å². The summed E-state index contributed by atoms with van der Waals surface area (Å²) >= 11 is 0. The summed E-state index contributed by atoms with van der Waals surface area (Å²) in [6.07, 6.45) is -2.45. The van der Waals surface area contributed by atoms with Gasteiger partial charge in [-0.3, -0.25) is 4.68 Å². The molecule has 1 aromatic carbocycles. The second kappa shape index (κ2) is 6.30. The van der Waals surface area contributed by atoms with Crippen LogP contribution in [0.3, 0.4) is 0 Å². The first kappa shape index (κ1) is 15.6. The molecule has 2 rings (SSSR count). The van der Waals surface area contributed by atoms with Crippen LogP contribution in [0.5, 0.6) is 0 Å². The zero-order chi connectivity index (χ0) is 15.5. The van der Waals surface area contributed by atoms with Crippen molar-refractivity contribution in [1.29, 1.82) is 0 Å². The molecular formula is C15H18F3N3. The highest BCUT2D eigenvalue weighted by molar-refractivity contribution is 5.21. The van der Waals surface area contributed by atoms with Gasteiger partial charge in [0.05, 0.1) is 17.8 Å². The molecule has 1 aromatic heterocycles. The molecule has 6 heteroatoms. The summed E-state index contributed by atoms with van der Waals surface area (Å²) in [4.78, 5) is 0. The van der Waals surface area contributed by atoms with E-state index in [4.69, 9.17) is 0 Å². The summed E-state index contributed by atoms with van der Waals surface area (Å²) in [6.45, 7) is 4.50. The third-order valence-corrected chi connectivity index (χ3v) is 3.15. The van der Waals surface area contributed by atoms with Gasteiger partial charge in [-0.2, -0.15) is 18.3 Å². The normalized spacial score (nSPS) is 13.6. The summed E-state index contributed by atoms with van der Waals surface area (Å²) < 4.78 is 39.5. The third-order valence-electron chi connectivity index (χ3n) is 3.15. The standard InChI is InChI=1S/C15H18F3N3/c1-11(2)19-9-14(12-6-4-3-5-7-12)21-10-13(8-20-21)15(16,17)18/h3-8,10-11,14,19H,9H2,1-2H3. The third kappa shape index (κ3) is 4.07. The van der Waals surface area contributed by atoms with Crippen molar-refractivity contribution in [2.45, 2.75) is 32.1 Å². The highest BCUT2D eigenvalue weighted by Gasteiger charge is 2.33. The molecule has 1 atom stereocenters. The Bertz CT molecular complexity index is 561. The summed E-state index contributed by atoms with van der Waals surface area (Å²) in [7, 11) is 0. The van der Waals surface area contributed by atoms with Gasteiger partial charge in [0, 0.05) is 18.8 Å². The second-order valence-corrected chi connectivity index (χ2v) is 5.20. The van der Waals surface area contributed by atoms with Gasteiger partial charge in [0.2, 0.25) is 0 Å². The van der Waals surface area contributed by atoms with Crippen LogP contribution < -0.4 is 5.32 Å². The maximum atomic E-state index is 12.7. The van der Waals surface area contributed by atoms with Crippen molar-refractivity contribution in [2.75, 3.05) is 6.54 Å². The molecule has 1 unspecified atom stereocenters. The first-order chi connectivity index (χ1) is 9.88. The summed E-state index contributed by atoms with van der Waals surface area (Å²) in [6, 6.07) is 9.36. The van der Waals surface area contributed by atoms with E-state index >= 15 is 0 Å². The molecule has 3 nitrogen and oxygen atoms in total. The molecule has 0 saturated heterocycles. The van der Waals surface area contributed by atoms with Crippen LogP contribution in [-0.4, -0.2) is 22.4 Å². The highest BCUT2D eigenvalue weighted by atomic mass is 19.4.